The molecule has 3 heteroatoms. The zero-order valence-corrected chi connectivity index (χ0v) is 12.4. The van der Waals surface area contributed by atoms with Gasteiger partial charge >= 0.3 is 0 Å². The minimum Gasteiger partial charge on any atom is -0.202 e. The highest BCUT2D eigenvalue weighted by atomic mass is 35.5. The number of aryl methyl sites for hydroxylation is 1. The minimum absolute atomic E-state index is 0.457. The van der Waals surface area contributed by atoms with Crippen molar-refractivity contribution in [2.24, 2.45) is 5.41 Å². The van der Waals surface area contributed by atoms with E-state index in [4.69, 9.17) is 11.9 Å². The Labute approximate surface area is 114 Å². The van der Waals surface area contributed by atoms with Gasteiger partial charge < -0.3 is 0 Å². The minimum atomic E-state index is 0.457. The molecule has 0 aliphatic carbocycles. The molecule has 0 atom stereocenters. The maximum atomic E-state index is 5.18. The number of benzene rings is 1. The van der Waals surface area contributed by atoms with E-state index in [9.17, 15) is 0 Å². The molecule has 0 aromatic heterocycles. The van der Waals surface area contributed by atoms with Crippen LogP contribution in [-0.2, 0) is 10.2 Å². The Morgan fingerprint density at radius 2 is 1.76 bits per heavy atom. The second kappa shape index (κ2) is 7.30. The highest BCUT2D eigenvalue weighted by Crippen LogP contribution is 2.23. The van der Waals surface area contributed by atoms with Crippen LogP contribution in [0.5, 0.6) is 0 Å². The monoisotopic (exact) mass is 272 g/mol. The summed E-state index contributed by atoms with van der Waals surface area (Å²) >= 11 is 6.37. The second-order valence-corrected chi connectivity index (χ2v) is 6.70. The molecule has 0 saturated heterocycles. The molecule has 0 N–H and O–H groups in total. The fourth-order valence-corrected chi connectivity index (χ4v) is 2.27. The molecule has 0 fully saturated rings. The van der Waals surface area contributed by atoms with Crippen molar-refractivity contribution in [2.75, 3.05) is 0 Å². The Morgan fingerprint density at radius 1 is 1.12 bits per heavy atom. The van der Waals surface area contributed by atoms with Crippen molar-refractivity contribution in [1.82, 2.24) is 0 Å². The summed E-state index contributed by atoms with van der Waals surface area (Å²) in [4.78, 5) is 1.04. The topological polar surface area (TPSA) is 9.23 Å². The molecule has 0 spiro atoms. The molecule has 0 unspecified atom stereocenters. The molecule has 0 aliphatic rings. The summed E-state index contributed by atoms with van der Waals surface area (Å²) in [6.45, 7) is 6.89. The predicted molar refractivity (Wildman–Crippen MR) is 76.2 cm³/mol. The van der Waals surface area contributed by atoms with Gasteiger partial charge in [0.2, 0.25) is 0 Å². The predicted octanol–water partition coefficient (Wildman–Crippen LogP) is 5.62. The van der Waals surface area contributed by atoms with Crippen LogP contribution in [-0.4, -0.2) is 0 Å². The molecule has 17 heavy (non-hydrogen) atoms. The van der Waals surface area contributed by atoms with Gasteiger partial charge in [0.25, 0.3) is 0 Å². The Morgan fingerprint density at radius 3 is 2.29 bits per heavy atom. The largest absolute Gasteiger partial charge is 0.202 e. The van der Waals surface area contributed by atoms with E-state index in [-0.39, 0.29) is 0 Å². The zero-order valence-electron chi connectivity index (χ0n) is 10.8. The molecule has 0 heterocycles. The SMILES string of the molecule is CC(C)(C)CCCCc1ccc(SOCl)cc1. The van der Waals surface area contributed by atoms with Crippen LogP contribution in [0.4, 0.5) is 0 Å². The normalized spacial score (nSPS) is 11.8. The molecule has 0 aliphatic heterocycles. The molecule has 1 aromatic rings. The molecule has 0 amide bonds. The number of halogens is 1. The molecule has 0 saturated carbocycles. The Hall–Kier alpha value is -0.180. The highest BCUT2D eigenvalue weighted by molar-refractivity contribution is 7.95. The standard InChI is InChI=1S/C14H21ClOS/c1-14(2,3)11-5-4-6-12-7-9-13(10-8-12)17-16-15/h7-10H,4-6,11H2,1-3H3. The lowest BCUT2D eigenvalue weighted by molar-refractivity contribution is 0.360. The lowest BCUT2D eigenvalue weighted by atomic mass is 9.89. The Kier molecular flexibility index (Phi) is 6.39. The fraction of sp³-hybridized carbons (Fsp3) is 0.571. The maximum Gasteiger partial charge on any atom is 0.0757 e. The number of hydrogen-bond donors (Lipinski definition) is 0. The molecule has 0 bridgehead atoms. The number of hydrogen-bond acceptors (Lipinski definition) is 2. The van der Waals surface area contributed by atoms with Gasteiger partial charge in [-0.25, -0.2) is 3.74 Å². The van der Waals surface area contributed by atoms with E-state index in [0.717, 1.165) is 11.3 Å². The third-order valence-corrected chi connectivity index (χ3v) is 3.41. The number of unbranched alkanes of at least 4 members (excludes halogenated alkanes) is 1. The Bertz CT molecular complexity index is 316. The van der Waals surface area contributed by atoms with Crippen molar-refractivity contribution in [2.45, 2.75) is 51.3 Å². The molecule has 1 nitrogen and oxygen atoms in total. The van der Waals surface area contributed by atoms with Crippen LogP contribution >= 0.6 is 23.9 Å². The van der Waals surface area contributed by atoms with Gasteiger partial charge in [-0.3, -0.25) is 0 Å². The summed E-state index contributed by atoms with van der Waals surface area (Å²) in [5, 5.41) is 0. The summed E-state index contributed by atoms with van der Waals surface area (Å²) in [6, 6.07) is 8.39. The van der Waals surface area contributed by atoms with Crippen LogP contribution in [0, 0.1) is 5.41 Å². The van der Waals surface area contributed by atoms with E-state index in [0.29, 0.717) is 5.41 Å². The maximum absolute atomic E-state index is 5.18. The second-order valence-electron chi connectivity index (χ2n) is 5.56. The first-order valence-corrected chi connectivity index (χ1v) is 7.10. The van der Waals surface area contributed by atoms with Crippen LogP contribution in [0.15, 0.2) is 29.2 Å². The van der Waals surface area contributed by atoms with Gasteiger partial charge in [0.1, 0.15) is 0 Å². The third kappa shape index (κ3) is 6.97. The fourth-order valence-electron chi connectivity index (χ4n) is 1.73. The third-order valence-electron chi connectivity index (χ3n) is 2.69. The quantitative estimate of drug-likeness (QED) is 0.491. The van der Waals surface area contributed by atoms with Gasteiger partial charge in [0, 0.05) is 4.90 Å². The van der Waals surface area contributed by atoms with E-state index in [2.05, 4.69) is 36.6 Å². The molecular formula is C14H21ClOS. The van der Waals surface area contributed by atoms with E-state index in [1.54, 1.807) is 0 Å². The highest BCUT2D eigenvalue weighted by Gasteiger charge is 2.08. The summed E-state index contributed by atoms with van der Waals surface area (Å²) in [5.74, 6) is 0. The molecular weight excluding hydrogens is 252 g/mol. The van der Waals surface area contributed by atoms with Gasteiger partial charge in [-0.05, 0) is 42.4 Å². The summed E-state index contributed by atoms with van der Waals surface area (Å²) in [6.07, 6.45) is 5.00. The summed E-state index contributed by atoms with van der Waals surface area (Å²) in [5.41, 5.74) is 1.84. The van der Waals surface area contributed by atoms with Gasteiger partial charge in [-0.15, -0.1) is 0 Å². The van der Waals surface area contributed by atoms with Gasteiger partial charge in [-0.1, -0.05) is 39.3 Å². The molecule has 96 valence electrons. The summed E-state index contributed by atoms with van der Waals surface area (Å²) in [7, 11) is 0. The van der Waals surface area contributed by atoms with E-state index in [1.165, 1.54) is 36.9 Å². The molecule has 1 aromatic carbocycles. The zero-order chi connectivity index (χ0) is 12.7. The van der Waals surface area contributed by atoms with Crippen LogP contribution in [0.25, 0.3) is 0 Å². The van der Waals surface area contributed by atoms with Crippen molar-refractivity contribution in [3.05, 3.63) is 29.8 Å². The van der Waals surface area contributed by atoms with E-state index < -0.39 is 0 Å². The Balaban J connectivity index is 2.27. The van der Waals surface area contributed by atoms with Crippen LogP contribution in [0.3, 0.4) is 0 Å². The van der Waals surface area contributed by atoms with E-state index in [1.807, 2.05) is 12.1 Å². The van der Waals surface area contributed by atoms with Crippen molar-refractivity contribution < 1.29 is 3.74 Å². The van der Waals surface area contributed by atoms with Crippen molar-refractivity contribution in [1.29, 1.82) is 0 Å². The lowest BCUT2D eigenvalue weighted by Crippen LogP contribution is -2.04. The lowest BCUT2D eigenvalue weighted by Gasteiger charge is -2.17. The first kappa shape index (κ1) is 14.9. The molecule has 1 rings (SSSR count). The van der Waals surface area contributed by atoms with Crippen molar-refractivity contribution in [3.8, 4) is 0 Å². The van der Waals surface area contributed by atoms with E-state index >= 15 is 0 Å². The van der Waals surface area contributed by atoms with Crippen LogP contribution < -0.4 is 0 Å². The average molecular weight is 273 g/mol. The van der Waals surface area contributed by atoms with Crippen LogP contribution in [0.2, 0.25) is 0 Å². The van der Waals surface area contributed by atoms with Crippen LogP contribution in [0.1, 0.15) is 45.6 Å². The van der Waals surface area contributed by atoms with Crippen molar-refractivity contribution >= 4 is 23.9 Å². The van der Waals surface area contributed by atoms with Crippen molar-refractivity contribution in [3.63, 3.8) is 0 Å². The average Bonchev–Trinajstić information content (AvgIpc) is 2.26. The van der Waals surface area contributed by atoms with Gasteiger partial charge in [0.15, 0.2) is 0 Å². The van der Waals surface area contributed by atoms with Gasteiger partial charge in [-0.2, -0.15) is 0 Å². The summed E-state index contributed by atoms with van der Waals surface area (Å²) < 4.78 is 4.49. The smallest absolute Gasteiger partial charge is 0.0757 e. The first-order chi connectivity index (χ1) is 8.01. The first-order valence-electron chi connectivity index (χ1n) is 6.05. The molecule has 0 radical (unpaired) electrons. The number of rotatable bonds is 6. The van der Waals surface area contributed by atoms with Gasteiger partial charge in [0.05, 0.1) is 23.9 Å².